The van der Waals surface area contributed by atoms with Crippen LogP contribution in [-0.4, -0.2) is 74.8 Å². The molecule has 1 saturated carbocycles. The highest BCUT2D eigenvalue weighted by Gasteiger charge is 2.46. The summed E-state index contributed by atoms with van der Waals surface area (Å²) in [6, 6.07) is 17.0. The van der Waals surface area contributed by atoms with Crippen molar-refractivity contribution >= 4 is 23.3 Å². The number of anilines is 2. The summed E-state index contributed by atoms with van der Waals surface area (Å²) in [5, 5.41) is 21.0. The molecule has 4 aromatic rings. The molecule has 0 radical (unpaired) electrons. The molecule has 2 aromatic carbocycles. The molecule has 1 atom stereocenters. The summed E-state index contributed by atoms with van der Waals surface area (Å²) in [6.07, 6.45) is 9.14. The third-order valence-electron chi connectivity index (χ3n) is 11.9. The number of para-hydroxylation sites is 2. The fourth-order valence-electron chi connectivity index (χ4n) is 8.82. The number of nitrogens with zero attached hydrogens (tertiary/aromatic N) is 5. The molecule has 0 unspecified atom stereocenters. The van der Waals surface area contributed by atoms with Crippen LogP contribution in [0.5, 0.6) is 11.5 Å². The number of benzene rings is 2. The van der Waals surface area contributed by atoms with E-state index in [1.54, 1.807) is 18.3 Å². The fourth-order valence-corrected chi connectivity index (χ4v) is 8.82. The Morgan fingerprint density at radius 3 is 2.50 bits per heavy atom. The molecular formula is C40H44FN7O4. The number of nitrogens with one attached hydrogen (secondary N) is 1. The number of pyridine rings is 1. The van der Waals surface area contributed by atoms with Crippen LogP contribution in [0, 0.1) is 5.82 Å². The molecule has 4 N–H and O–H groups in total. The zero-order valence-corrected chi connectivity index (χ0v) is 29.4. The maximum absolute atomic E-state index is 14.0. The number of carbonyl (C=O) groups excluding carboxylic acids is 2. The second-order valence-corrected chi connectivity index (χ2v) is 14.8. The number of imide groups is 1. The van der Waals surface area contributed by atoms with Gasteiger partial charge in [0.15, 0.2) is 17.4 Å². The first-order valence-corrected chi connectivity index (χ1v) is 18.4. The maximum atomic E-state index is 14.0. The quantitative estimate of drug-likeness (QED) is 0.206. The fraction of sp³-hybridized carbons (Fsp3) is 0.425. The van der Waals surface area contributed by atoms with Gasteiger partial charge in [0.25, 0.3) is 5.91 Å². The number of ether oxygens (including phenoxy) is 1. The number of carbonyl (C=O) groups is 2. The maximum Gasteiger partial charge on any atom is 0.252 e. The van der Waals surface area contributed by atoms with Gasteiger partial charge in [0.1, 0.15) is 17.9 Å². The lowest BCUT2D eigenvalue weighted by atomic mass is 9.79. The number of aromatic hydroxyl groups is 1. The molecule has 2 amide bonds. The van der Waals surface area contributed by atoms with Crippen molar-refractivity contribution < 1.29 is 23.8 Å². The standard InChI is InChI=1S/C40H44FN7O4/c1-40(16-12-35(49)44-39(40)51)48-20-21-52-37-28(4-3-7-34(37)48)25-8-10-27(11-9-25)47-18-14-24(15-19-47)26-13-17-43-32(22-26)30-23-33(45-46-38(30)42)29-5-2-6-31(41)36(29)50/h2-7,13,17,22-25,27,50H,8-12,14-16,18-21H2,1H3,(H2,42,46)(H,44,49,51)/t25?,27?,40-/m0/s1. The van der Waals surface area contributed by atoms with Gasteiger partial charge in [0, 0.05) is 29.8 Å². The Morgan fingerprint density at radius 2 is 1.71 bits per heavy atom. The van der Waals surface area contributed by atoms with E-state index in [4.69, 9.17) is 10.5 Å². The molecule has 11 nitrogen and oxygen atoms in total. The molecular weight excluding hydrogens is 661 g/mol. The second-order valence-electron chi connectivity index (χ2n) is 14.8. The second kappa shape index (κ2) is 13.8. The van der Waals surface area contributed by atoms with Gasteiger partial charge in [0.05, 0.1) is 23.6 Å². The number of halogens is 1. The van der Waals surface area contributed by atoms with Gasteiger partial charge < -0.3 is 25.4 Å². The molecule has 1 aliphatic carbocycles. The van der Waals surface area contributed by atoms with Crippen LogP contribution in [-0.2, 0) is 9.59 Å². The van der Waals surface area contributed by atoms with E-state index in [0.717, 1.165) is 63.1 Å². The summed E-state index contributed by atoms with van der Waals surface area (Å²) < 4.78 is 20.4. The number of nitrogens with two attached hydrogens (primary N) is 1. The van der Waals surface area contributed by atoms with Crippen molar-refractivity contribution in [2.75, 3.05) is 36.9 Å². The largest absolute Gasteiger partial charge is 0.504 e. The Bertz CT molecular complexity index is 2010. The van der Waals surface area contributed by atoms with E-state index < -0.39 is 17.1 Å². The number of likely N-dealkylation sites (tertiary alicyclic amines) is 1. The minimum atomic E-state index is -0.783. The molecule has 2 saturated heterocycles. The summed E-state index contributed by atoms with van der Waals surface area (Å²) in [5.74, 6) is 0.263. The van der Waals surface area contributed by atoms with Crippen molar-refractivity contribution in [2.24, 2.45) is 0 Å². The van der Waals surface area contributed by atoms with Gasteiger partial charge in [-0.1, -0.05) is 18.2 Å². The van der Waals surface area contributed by atoms with Crippen LogP contribution in [0.1, 0.15) is 81.3 Å². The summed E-state index contributed by atoms with van der Waals surface area (Å²) >= 11 is 0. The van der Waals surface area contributed by atoms with Crippen molar-refractivity contribution in [3.63, 3.8) is 0 Å². The lowest BCUT2D eigenvalue weighted by Crippen LogP contribution is -2.63. The van der Waals surface area contributed by atoms with E-state index in [1.165, 1.54) is 23.3 Å². The highest BCUT2D eigenvalue weighted by atomic mass is 19.1. The number of nitrogen functional groups attached to an aromatic ring is 1. The Hall–Kier alpha value is -5.10. The van der Waals surface area contributed by atoms with E-state index in [0.29, 0.717) is 60.8 Å². The Labute approximate surface area is 302 Å². The molecule has 8 rings (SSSR count). The Kier molecular flexibility index (Phi) is 9.02. The molecule has 2 aromatic heterocycles. The zero-order valence-electron chi connectivity index (χ0n) is 29.4. The van der Waals surface area contributed by atoms with Crippen LogP contribution in [0.4, 0.5) is 15.9 Å². The van der Waals surface area contributed by atoms with Gasteiger partial charge >= 0.3 is 0 Å². The number of amides is 2. The highest BCUT2D eigenvalue weighted by Crippen LogP contribution is 2.47. The molecule has 0 bridgehead atoms. The van der Waals surface area contributed by atoms with Crippen molar-refractivity contribution in [3.8, 4) is 34.0 Å². The SMILES string of the molecule is C[C@]1(N2CCOc3c(C4CCC(N5CCC(c6ccnc(-c7cc(-c8cccc(F)c8O)nnc7N)c6)CC5)CC4)cccc32)CCC(=O)NC1=O. The molecule has 0 spiro atoms. The minimum absolute atomic E-state index is 0.206. The van der Waals surface area contributed by atoms with Crippen molar-refractivity contribution in [3.05, 3.63) is 77.7 Å². The number of hydrogen-bond donors (Lipinski definition) is 3. The molecule has 3 fully saturated rings. The summed E-state index contributed by atoms with van der Waals surface area (Å²) in [5.41, 5.74) is 10.7. The first kappa shape index (κ1) is 34.0. The van der Waals surface area contributed by atoms with Crippen molar-refractivity contribution in [1.29, 1.82) is 0 Å². The van der Waals surface area contributed by atoms with Gasteiger partial charge in [-0.3, -0.25) is 19.9 Å². The van der Waals surface area contributed by atoms with Crippen LogP contribution in [0.2, 0.25) is 0 Å². The van der Waals surface area contributed by atoms with Crippen LogP contribution in [0.3, 0.4) is 0 Å². The predicted molar refractivity (Wildman–Crippen MR) is 195 cm³/mol. The first-order valence-electron chi connectivity index (χ1n) is 18.4. The third kappa shape index (κ3) is 6.23. The van der Waals surface area contributed by atoms with Gasteiger partial charge in [-0.25, -0.2) is 4.39 Å². The number of rotatable bonds is 6. The molecule has 270 valence electrons. The number of piperidine rings is 2. The van der Waals surface area contributed by atoms with Gasteiger partial charge in [-0.2, -0.15) is 0 Å². The monoisotopic (exact) mass is 705 g/mol. The molecule has 4 aliphatic rings. The lowest BCUT2D eigenvalue weighted by molar-refractivity contribution is -0.137. The van der Waals surface area contributed by atoms with E-state index in [1.807, 2.05) is 13.0 Å². The number of hydrogen-bond acceptors (Lipinski definition) is 10. The minimum Gasteiger partial charge on any atom is -0.504 e. The predicted octanol–water partition coefficient (Wildman–Crippen LogP) is 5.93. The van der Waals surface area contributed by atoms with Crippen LogP contribution in [0.15, 0.2) is 60.8 Å². The van der Waals surface area contributed by atoms with Crippen LogP contribution in [0.25, 0.3) is 22.5 Å². The molecule has 5 heterocycles. The highest BCUT2D eigenvalue weighted by molar-refractivity contribution is 6.04. The van der Waals surface area contributed by atoms with E-state index in [9.17, 15) is 19.1 Å². The van der Waals surface area contributed by atoms with Crippen molar-refractivity contribution in [2.45, 2.75) is 81.7 Å². The lowest BCUT2D eigenvalue weighted by Gasteiger charge is -2.46. The summed E-state index contributed by atoms with van der Waals surface area (Å²) in [4.78, 5) is 34.3. The number of phenolic OH excluding ortho intramolecular Hbond substituents is 1. The van der Waals surface area contributed by atoms with Gasteiger partial charge in [-0.05, 0) is 124 Å². The Balaban J connectivity index is 0.907. The average Bonchev–Trinajstić information content (AvgIpc) is 3.17. The number of fused-ring (bicyclic) bond motifs is 1. The van der Waals surface area contributed by atoms with Crippen LogP contribution >= 0.6 is 0 Å². The summed E-state index contributed by atoms with van der Waals surface area (Å²) in [6.45, 7) is 5.11. The normalized spacial score (nSPS) is 24.2. The topological polar surface area (TPSA) is 147 Å². The zero-order chi connectivity index (χ0) is 36.0. The Morgan fingerprint density at radius 1 is 0.923 bits per heavy atom. The van der Waals surface area contributed by atoms with Gasteiger partial charge in [-0.15, -0.1) is 10.2 Å². The summed E-state index contributed by atoms with van der Waals surface area (Å²) in [7, 11) is 0. The van der Waals surface area contributed by atoms with E-state index in [-0.39, 0.29) is 23.2 Å². The smallest absolute Gasteiger partial charge is 0.252 e. The molecule has 52 heavy (non-hydrogen) atoms. The number of aromatic nitrogens is 3. The van der Waals surface area contributed by atoms with Gasteiger partial charge in [0.2, 0.25) is 5.91 Å². The molecule has 3 aliphatic heterocycles. The molecule has 12 heteroatoms. The van der Waals surface area contributed by atoms with Crippen molar-refractivity contribution in [1.82, 2.24) is 25.4 Å². The third-order valence-corrected chi connectivity index (χ3v) is 11.9. The van der Waals surface area contributed by atoms with E-state index >= 15 is 0 Å². The van der Waals surface area contributed by atoms with E-state index in [2.05, 4.69) is 54.6 Å². The average molecular weight is 706 g/mol. The van der Waals surface area contributed by atoms with Crippen LogP contribution < -0.4 is 20.7 Å². The first-order chi connectivity index (χ1) is 25.2. The number of phenols is 1.